The molecule has 0 aliphatic carbocycles. The second-order valence-corrected chi connectivity index (χ2v) is 9.97. The molecule has 10 nitrogen and oxygen atoms in total. The van der Waals surface area contributed by atoms with Crippen LogP contribution in [0, 0.1) is 6.92 Å². The van der Waals surface area contributed by atoms with Crippen molar-refractivity contribution < 1.29 is 19.1 Å². The molecule has 0 unspecified atom stereocenters. The number of methoxy groups -OCH3 is 2. The Labute approximate surface area is 226 Å². The van der Waals surface area contributed by atoms with Gasteiger partial charge < -0.3 is 19.7 Å². The predicted molar refractivity (Wildman–Crippen MR) is 148 cm³/mol. The number of thiophene rings is 1. The van der Waals surface area contributed by atoms with Gasteiger partial charge in [-0.2, -0.15) is 0 Å². The van der Waals surface area contributed by atoms with E-state index in [1.54, 1.807) is 57.4 Å². The molecule has 2 aromatic carbocycles. The van der Waals surface area contributed by atoms with Crippen molar-refractivity contribution in [3.8, 4) is 17.2 Å². The van der Waals surface area contributed by atoms with Gasteiger partial charge in [0.05, 0.1) is 35.9 Å². The van der Waals surface area contributed by atoms with Gasteiger partial charge in [-0.25, -0.2) is 9.36 Å². The lowest BCUT2D eigenvalue weighted by Crippen LogP contribution is -2.40. The summed E-state index contributed by atoms with van der Waals surface area (Å²) >= 11 is 7.08. The fourth-order valence-electron chi connectivity index (χ4n) is 3.98. The van der Waals surface area contributed by atoms with Crippen LogP contribution in [0.25, 0.3) is 15.9 Å². The Morgan fingerprint density at radius 2 is 1.82 bits per heavy atom. The van der Waals surface area contributed by atoms with Crippen LogP contribution in [0.5, 0.6) is 11.5 Å². The number of aromatic nitrogens is 2. The number of fused-ring (bicyclic) bond motifs is 1. The average Bonchev–Trinajstić information content (AvgIpc) is 3.23. The minimum atomic E-state index is -0.742. The molecule has 0 spiro atoms. The van der Waals surface area contributed by atoms with Gasteiger partial charge in [-0.3, -0.25) is 19.0 Å². The first kappa shape index (κ1) is 27.0. The first-order valence-electron chi connectivity index (χ1n) is 11.4. The van der Waals surface area contributed by atoms with Gasteiger partial charge in [-0.15, -0.1) is 11.3 Å². The van der Waals surface area contributed by atoms with E-state index in [9.17, 15) is 19.2 Å². The van der Waals surface area contributed by atoms with E-state index in [2.05, 4.69) is 5.32 Å². The van der Waals surface area contributed by atoms with E-state index < -0.39 is 23.7 Å². The third-order valence-corrected chi connectivity index (χ3v) is 7.40. The lowest BCUT2D eigenvalue weighted by Gasteiger charge is -2.14. The number of amides is 2. The summed E-state index contributed by atoms with van der Waals surface area (Å²) in [7, 11) is 6.12. The molecule has 1 N–H and O–H groups in total. The summed E-state index contributed by atoms with van der Waals surface area (Å²) in [6, 6.07) is 11.2. The van der Waals surface area contributed by atoms with Crippen molar-refractivity contribution in [2.75, 3.05) is 33.6 Å². The summed E-state index contributed by atoms with van der Waals surface area (Å²) in [5.74, 6) is -0.0522. The molecule has 0 radical (unpaired) electrons. The van der Waals surface area contributed by atoms with Crippen LogP contribution in [0.1, 0.15) is 15.2 Å². The number of benzene rings is 2. The first-order valence-corrected chi connectivity index (χ1v) is 12.5. The molecule has 0 aliphatic heterocycles. The highest BCUT2D eigenvalue weighted by Crippen LogP contribution is 2.30. The Hall–Kier alpha value is -4.09. The normalized spacial score (nSPS) is 10.9. The van der Waals surface area contributed by atoms with E-state index in [1.165, 1.54) is 29.8 Å². The Balaban J connectivity index is 1.93. The van der Waals surface area contributed by atoms with Crippen molar-refractivity contribution in [1.29, 1.82) is 0 Å². The van der Waals surface area contributed by atoms with Crippen LogP contribution >= 0.6 is 22.9 Å². The number of hydrogen-bond donors (Lipinski definition) is 1. The van der Waals surface area contributed by atoms with Gasteiger partial charge in [0.15, 0.2) is 0 Å². The number of ether oxygens (including phenoxy) is 2. The van der Waals surface area contributed by atoms with Gasteiger partial charge in [0.25, 0.3) is 11.5 Å². The topological polar surface area (TPSA) is 112 Å². The van der Waals surface area contributed by atoms with Crippen molar-refractivity contribution in [3.05, 3.63) is 78.8 Å². The minimum Gasteiger partial charge on any atom is -0.497 e. The Morgan fingerprint density at radius 1 is 1.08 bits per heavy atom. The van der Waals surface area contributed by atoms with Crippen molar-refractivity contribution in [3.63, 3.8) is 0 Å². The van der Waals surface area contributed by atoms with E-state index in [1.807, 2.05) is 0 Å². The number of anilines is 1. The monoisotopic (exact) mass is 556 g/mol. The first-order chi connectivity index (χ1) is 18.1. The second kappa shape index (κ2) is 10.7. The zero-order valence-corrected chi connectivity index (χ0v) is 22.9. The molecule has 198 valence electrons. The van der Waals surface area contributed by atoms with Crippen LogP contribution in [-0.2, 0) is 11.3 Å². The maximum atomic E-state index is 13.8. The van der Waals surface area contributed by atoms with E-state index in [4.69, 9.17) is 21.1 Å². The smallest absolute Gasteiger partial charge is 0.337 e. The average molecular weight is 557 g/mol. The highest BCUT2D eigenvalue weighted by Gasteiger charge is 2.25. The van der Waals surface area contributed by atoms with E-state index in [0.29, 0.717) is 32.6 Å². The Morgan fingerprint density at radius 3 is 2.47 bits per heavy atom. The van der Waals surface area contributed by atoms with Gasteiger partial charge in [0.2, 0.25) is 5.91 Å². The van der Waals surface area contributed by atoms with Crippen LogP contribution < -0.4 is 26.0 Å². The fourth-order valence-corrected chi connectivity index (χ4v) is 5.47. The van der Waals surface area contributed by atoms with Crippen molar-refractivity contribution >= 4 is 50.7 Å². The third kappa shape index (κ3) is 4.90. The van der Waals surface area contributed by atoms with Gasteiger partial charge >= 0.3 is 5.69 Å². The van der Waals surface area contributed by atoms with E-state index in [-0.39, 0.29) is 21.8 Å². The highest BCUT2D eigenvalue weighted by atomic mass is 35.5. The molecule has 2 aromatic heterocycles. The van der Waals surface area contributed by atoms with Gasteiger partial charge in [-0.05, 0) is 42.8 Å². The van der Waals surface area contributed by atoms with Gasteiger partial charge in [-0.1, -0.05) is 17.7 Å². The zero-order valence-electron chi connectivity index (χ0n) is 21.3. The number of carbonyl (C=O) groups excluding carboxylic acids is 2. The lowest BCUT2D eigenvalue weighted by atomic mass is 10.2. The maximum absolute atomic E-state index is 13.8. The molecule has 38 heavy (non-hydrogen) atoms. The molecule has 4 aromatic rings. The fraction of sp³-hybridized carbons (Fsp3) is 0.231. The van der Waals surface area contributed by atoms with Gasteiger partial charge in [0, 0.05) is 25.2 Å². The second-order valence-electron chi connectivity index (χ2n) is 8.54. The highest BCUT2D eigenvalue weighted by molar-refractivity contribution is 7.20. The summed E-state index contributed by atoms with van der Waals surface area (Å²) in [6.45, 7) is 1.21. The maximum Gasteiger partial charge on any atom is 0.337 e. The number of aryl methyl sites for hydroxylation is 1. The molecule has 2 heterocycles. The molecule has 0 saturated heterocycles. The van der Waals surface area contributed by atoms with Crippen LogP contribution in [-0.4, -0.2) is 54.2 Å². The number of rotatable bonds is 7. The van der Waals surface area contributed by atoms with Crippen molar-refractivity contribution in [2.24, 2.45) is 0 Å². The number of carbonyl (C=O) groups is 2. The molecule has 0 aliphatic rings. The third-order valence-electron chi connectivity index (χ3n) is 5.86. The summed E-state index contributed by atoms with van der Waals surface area (Å²) in [6.07, 6.45) is 0. The summed E-state index contributed by atoms with van der Waals surface area (Å²) in [5.41, 5.74) is -0.331. The minimum absolute atomic E-state index is 0.177. The number of halogens is 1. The SMILES string of the molecule is COc1cccc(-n2c(=O)c3c(C)c(C(=O)N(C)C)sc3n(CC(=O)Nc3cc(Cl)ccc3OC)c2=O)c1. The number of nitrogens with zero attached hydrogens (tertiary/aromatic N) is 3. The summed E-state index contributed by atoms with van der Waals surface area (Å²) in [4.78, 5) is 55.4. The standard InChI is InChI=1S/C26H25ClN4O6S/c1-14-21-23(33)31(16-7-6-8-17(12-16)36-4)26(35)30(25(21)38-22(14)24(34)29(2)3)13-20(32)28-18-11-15(27)9-10-19(18)37-5/h6-12H,13H2,1-5H3,(H,28,32). The van der Waals surface area contributed by atoms with Crippen LogP contribution in [0.2, 0.25) is 5.02 Å². The summed E-state index contributed by atoms with van der Waals surface area (Å²) in [5, 5.41) is 3.27. The van der Waals surface area contributed by atoms with E-state index in [0.717, 1.165) is 15.9 Å². The Kier molecular flexibility index (Phi) is 7.61. The molecular formula is C26H25ClN4O6S. The molecule has 12 heteroatoms. The quantitative estimate of drug-likeness (QED) is 0.373. The Bertz CT molecular complexity index is 1690. The van der Waals surface area contributed by atoms with Gasteiger partial charge in [0.1, 0.15) is 22.9 Å². The van der Waals surface area contributed by atoms with Crippen LogP contribution in [0.15, 0.2) is 52.1 Å². The lowest BCUT2D eigenvalue weighted by molar-refractivity contribution is -0.116. The number of hydrogen-bond acceptors (Lipinski definition) is 7. The largest absolute Gasteiger partial charge is 0.497 e. The molecule has 2 amide bonds. The number of nitrogens with one attached hydrogen (secondary N) is 1. The molecule has 0 fully saturated rings. The van der Waals surface area contributed by atoms with Crippen LogP contribution in [0.3, 0.4) is 0 Å². The van der Waals surface area contributed by atoms with Crippen LogP contribution in [0.4, 0.5) is 5.69 Å². The molecular weight excluding hydrogens is 532 g/mol. The molecule has 4 rings (SSSR count). The van der Waals surface area contributed by atoms with Crippen molar-refractivity contribution in [2.45, 2.75) is 13.5 Å². The summed E-state index contributed by atoms with van der Waals surface area (Å²) < 4.78 is 12.7. The molecule has 0 bridgehead atoms. The molecule has 0 atom stereocenters. The van der Waals surface area contributed by atoms with Crippen molar-refractivity contribution in [1.82, 2.24) is 14.0 Å². The van der Waals surface area contributed by atoms with E-state index >= 15 is 0 Å². The molecule has 0 saturated carbocycles. The predicted octanol–water partition coefficient (Wildman–Crippen LogP) is 3.53. The zero-order chi connectivity index (χ0) is 27.7.